The molecule has 0 unspecified atom stereocenters. The number of phenols is 1. The van der Waals surface area contributed by atoms with Crippen LogP contribution < -0.4 is 4.90 Å². The molecule has 0 radical (unpaired) electrons. The lowest BCUT2D eigenvalue weighted by Crippen LogP contribution is -2.25. The summed E-state index contributed by atoms with van der Waals surface area (Å²) in [5, 5.41) is 16.2. The number of thiazole rings is 1. The topological polar surface area (TPSA) is 71.2 Å². The summed E-state index contributed by atoms with van der Waals surface area (Å²) in [4.78, 5) is 18.8. The Morgan fingerprint density at radius 2 is 2.11 bits per heavy atom. The molecule has 0 aliphatic rings. The third kappa shape index (κ3) is 3.83. The van der Waals surface area contributed by atoms with Crippen LogP contribution in [0.2, 0.25) is 0 Å². The third-order valence-corrected chi connectivity index (χ3v) is 4.76. The second-order valence-corrected chi connectivity index (χ2v) is 6.65. The molecule has 27 heavy (non-hydrogen) atoms. The van der Waals surface area contributed by atoms with Crippen LogP contribution in [0.3, 0.4) is 0 Å². The SMILES string of the molecule is C/C=C\c1c(-c2csc(C(=O)N(C)c3cccc(O)c3)n2)cnn1/C=C\C. The lowest BCUT2D eigenvalue weighted by Gasteiger charge is -2.15. The largest absolute Gasteiger partial charge is 0.508 e. The van der Waals surface area contributed by atoms with E-state index in [0.717, 1.165) is 11.3 Å². The predicted octanol–water partition coefficient (Wildman–Crippen LogP) is 4.51. The van der Waals surface area contributed by atoms with Crippen molar-refractivity contribution < 1.29 is 9.90 Å². The van der Waals surface area contributed by atoms with Gasteiger partial charge in [0.1, 0.15) is 5.75 Å². The van der Waals surface area contributed by atoms with Gasteiger partial charge in [0.05, 0.1) is 17.6 Å². The number of hydrogen-bond acceptors (Lipinski definition) is 5. The normalized spacial score (nSPS) is 11.5. The fourth-order valence-corrected chi connectivity index (χ4v) is 3.40. The van der Waals surface area contributed by atoms with Gasteiger partial charge in [-0.1, -0.05) is 18.2 Å². The van der Waals surface area contributed by atoms with Crippen molar-refractivity contribution in [3.8, 4) is 17.0 Å². The van der Waals surface area contributed by atoms with Crippen molar-refractivity contribution >= 4 is 35.2 Å². The van der Waals surface area contributed by atoms with Crippen LogP contribution in [0.5, 0.6) is 5.75 Å². The number of amides is 1. The van der Waals surface area contributed by atoms with Gasteiger partial charge in [-0.25, -0.2) is 9.67 Å². The van der Waals surface area contributed by atoms with E-state index in [2.05, 4.69) is 10.1 Å². The first kappa shape index (κ1) is 18.6. The van der Waals surface area contributed by atoms with Crippen LogP contribution in [0, 0.1) is 0 Å². The third-order valence-electron chi connectivity index (χ3n) is 3.93. The maximum atomic E-state index is 12.8. The Balaban J connectivity index is 1.92. The minimum Gasteiger partial charge on any atom is -0.508 e. The van der Waals surface area contributed by atoms with Crippen molar-refractivity contribution in [3.05, 3.63) is 58.7 Å². The zero-order valence-electron chi connectivity index (χ0n) is 15.3. The van der Waals surface area contributed by atoms with Crippen molar-refractivity contribution in [2.75, 3.05) is 11.9 Å². The molecule has 0 fully saturated rings. The number of rotatable bonds is 5. The van der Waals surface area contributed by atoms with E-state index < -0.39 is 0 Å². The van der Waals surface area contributed by atoms with Gasteiger partial charge in [-0.3, -0.25) is 4.79 Å². The van der Waals surface area contributed by atoms with Crippen LogP contribution in [-0.4, -0.2) is 32.8 Å². The predicted molar refractivity (Wildman–Crippen MR) is 110 cm³/mol. The molecule has 3 rings (SSSR count). The van der Waals surface area contributed by atoms with Gasteiger partial charge in [-0.05, 0) is 32.1 Å². The number of carbonyl (C=O) groups is 1. The molecule has 0 saturated heterocycles. The maximum Gasteiger partial charge on any atom is 0.287 e. The van der Waals surface area contributed by atoms with Gasteiger partial charge >= 0.3 is 0 Å². The lowest BCUT2D eigenvalue weighted by atomic mass is 10.2. The molecule has 2 aromatic heterocycles. The molecule has 7 heteroatoms. The van der Waals surface area contributed by atoms with Crippen molar-refractivity contribution in [1.29, 1.82) is 0 Å². The number of allylic oxidation sites excluding steroid dienone is 2. The summed E-state index contributed by atoms with van der Waals surface area (Å²) in [6.45, 7) is 3.87. The van der Waals surface area contributed by atoms with Gasteiger partial charge in [0.15, 0.2) is 5.01 Å². The van der Waals surface area contributed by atoms with Gasteiger partial charge in [0.25, 0.3) is 5.91 Å². The van der Waals surface area contributed by atoms with Crippen molar-refractivity contribution in [3.63, 3.8) is 0 Å². The minimum atomic E-state index is -0.231. The van der Waals surface area contributed by atoms with Gasteiger partial charge in [0, 0.05) is 35.9 Å². The van der Waals surface area contributed by atoms with Gasteiger partial charge < -0.3 is 10.0 Å². The zero-order valence-corrected chi connectivity index (χ0v) is 16.1. The van der Waals surface area contributed by atoms with E-state index in [-0.39, 0.29) is 11.7 Å². The van der Waals surface area contributed by atoms with Crippen molar-refractivity contribution in [2.24, 2.45) is 0 Å². The molecule has 1 N–H and O–H groups in total. The van der Waals surface area contributed by atoms with Crippen molar-refractivity contribution in [1.82, 2.24) is 14.8 Å². The Bertz CT molecular complexity index is 1020. The van der Waals surface area contributed by atoms with E-state index in [9.17, 15) is 9.90 Å². The zero-order chi connectivity index (χ0) is 19.4. The quantitative estimate of drug-likeness (QED) is 0.707. The molecular formula is C20H20N4O2S. The van der Waals surface area contributed by atoms with Crippen LogP contribution in [0.25, 0.3) is 23.5 Å². The molecule has 3 aromatic rings. The Morgan fingerprint density at radius 3 is 2.81 bits per heavy atom. The Hall–Kier alpha value is -3.19. The fraction of sp³-hybridized carbons (Fsp3) is 0.150. The molecule has 0 saturated carbocycles. The number of aromatic hydroxyl groups is 1. The van der Waals surface area contributed by atoms with Crippen molar-refractivity contribution in [2.45, 2.75) is 13.8 Å². The van der Waals surface area contributed by atoms with Crippen LogP contribution in [0.1, 0.15) is 29.3 Å². The van der Waals surface area contributed by atoms with Crippen LogP contribution >= 0.6 is 11.3 Å². The van der Waals surface area contributed by atoms with E-state index in [4.69, 9.17) is 0 Å². The first-order valence-corrected chi connectivity index (χ1v) is 9.29. The molecular weight excluding hydrogens is 360 g/mol. The van der Waals surface area contributed by atoms with E-state index in [1.807, 2.05) is 43.7 Å². The highest BCUT2D eigenvalue weighted by atomic mass is 32.1. The molecule has 2 heterocycles. The Kier molecular flexibility index (Phi) is 5.52. The number of aromatic nitrogens is 3. The summed E-state index contributed by atoms with van der Waals surface area (Å²) >= 11 is 1.29. The summed E-state index contributed by atoms with van der Waals surface area (Å²) in [5.74, 6) is -0.121. The number of carbonyl (C=O) groups excluding carboxylic acids is 1. The van der Waals surface area contributed by atoms with Crippen LogP contribution in [-0.2, 0) is 0 Å². The smallest absolute Gasteiger partial charge is 0.287 e. The summed E-state index contributed by atoms with van der Waals surface area (Å²) in [6, 6.07) is 6.56. The van der Waals surface area contributed by atoms with Gasteiger partial charge in [-0.15, -0.1) is 11.3 Å². The Labute approximate surface area is 161 Å². The molecule has 138 valence electrons. The summed E-state index contributed by atoms with van der Waals surface area (Å²) < 4.78 is 1.77. The van der Waals surface area contributed by atoms with E-state index in [1.165, 1.54) is 22.3 Å². The highest BCUT2D eigenvalue weighted by Crippen LogP contribution is 2.28. The van der Waals surface area contributed by atoms with Crippen LogP contribution in [0.4, 0.5) is 5.69 Å². The summed E-state index contributed by atoms with van der Waals surface area (Å²) in [6.07, 6.45) is 9.42. The second-order valence-electron chi connectivity index (χ2n) is 5.79. The number of hydrogen-bond donors (Lipinski definition) is 1. The molecule has 0 aliphatic carbocycles. The highest BCUT2D eigenvalue weighted by Gasteiger charge is 2.20. The molecule has 0 aliphatic heterocycles. The number of nitrogens with zero attached hydrogens (tertiary/aromatic N) is 4. The first-order chi connectivity index (χ1) is 13.0. The summed E-state index contributed by atoms with van der Waals surface area (Å²) in [7, 11) is 1.66. The lowest BCUT2D eigenvalue weighted by molar-refractivity contribution is 0.0992. The standard InChI is InChI=1S/C20H20N4O2S/c1-4-7-18-16(12-21-24(18)10-5-2)17-13-27-19(22-17)20(26)23(3)14-8-6-9-15(25)11-14/h4-13,25H,1-3H3/b7-4-,10-5-. The number of phenolic OH excluding ortho intramolecular Hbond substituents is 1. The average Bonchev–Trinajstić information content (AvgIpc) is 3.29. The first-order valence-electron chi connectivity index (χ1n) is 8.41. The van der Waals surface area contributed by atoms with Gasteiger partial charge in [0.2, 0.25) is 0 Å². The molecule has 6 nitrogen and oxygen atoms in total. The Morgan fingerprint density at radius 1 is 1.30 bits per heavy atom. The fourth-order valence-electron chi connectivity index (χ4n) is 2.61. The molecule has 1 aromatic carbocycles. The maximum absolute atomic E-state index is 12.8. The molecule has 0 bridgehead atoms. The number of anilines is 1. The summed E-state index contributed by atoms with van der Waals surface area (Å²) in [5.41, 5.74) is 3.08. The molecule has 0 atom stereocenters. The second kappa shape index (κ2) is 8.01. The van der Waals surface area contributed by atoms with Crippen LogP contribution in [0.15, 0.2) is 48.0 Å². The van der Waals surface area contributed by atoms with E-state index >= 15 is 0 Å². The minimum absolute atomic E-state index is 0.111. The van der Waals surface area contributed by atoms with Gasteiger partial charge in [-0.2, -0.15) is 5.10 Å². The number of benzene rings is 1. The molecule has 0 spiro atoms. The van der Waals surface area contributed by atoms with E-state index in [1.54, 1.807) is 36.1 Å². The highest BCUT2D eigenvalue weighted by molar-refractivity contribution is 7.12. The monoisotopic (exact) mass is 380 g/mol. The molecule has 1 amide bonds. The average molecular weight is 380 g/mol. The van der Waals surface area contributed by atoms with E-state index in [0.29, 0.717) is 16.4 Å².